The predicted octanol–water partition coefficient (Wildman–Crippen LogP) is 2.88. The van der Waals surface area contributed by atoms with Gasteiger partial charge in [-0.25, -0.2) is 4.68 Å². The van der Waals surface area contributed by atoms with E-state index in [2.05, 4.69) is 15.6 Å². The molecule has 1 aromatic carbocycles. The van der Waals surface area contributed by atoms with Crippen LogP contribution in [0.5, 0.6) is 0 Å². The van der Waals surface area contributed by atoms with Crippen LogP contribution in [0.1, 0.15) is 27.2 Å². The molecule has 2 aromatic heterocycles. The number of aryl methyl sites for hydroxylation is 2. The van der Waals surface area contributed by atoms with Gasteiger partial charge in [-0.2, -0.15) is 11.3 Å². The van der Waals surface area contributed by atoms with Gasteiger partial charge in [0.25, 0.3) is 5.91 Å². The van der Waals surface area contributed by atoms with Crippen LogP contribution in [0.3, 0.4) is 0 Å². The summed E-state index contributed by atoms with van der Waals surface area (Å²) in [6, 6.07) is 7.65. The molecular formula is C16H16N4OS. The lowest BCUT2D eigenvalue weighted by atomic mass is 10.1. The molecule has 0 saturated heterocycles. The molecule has 6 heteroatoms. The molecule has 1 amide bonds. The largest absolute Gasteiger partial charge is 0.346 e. The first-order valence-corrected chi connectivity index (χ1v) is 7.87. The van der Waals surface area contributed by atoms with Crippen molar-refractivity contribution in [1.29, 1.82) is 0 Å². The Labute approximate surface area is 132 Å². The summed E-state index contributed by atoms with van der Waals surface area (Å²) in [5, 5.41) is 15.0. The van der Waals surface area contributed by atoms with Gasteiger partial charge in [-0.3, -0.25) is 4.79 Å². The maximum Gasteiger partial charge on any atom is 0.251 e. The highest BCUT2D eigenvalue weighted by molar-refractivity contribution is 7.08. The fourth-order valence-corrected chi connectivity index (χ4v) is 2.67. The molecule has 0 aliphatic heterocycles. The summed E-state index contributed by atoms with van der Waals surface area (Å²) in [6.07, 6.45) is 1.82. The van der Waals surface area contributed by atoms with E-state index in [9.17, 15) is 4.79 Å². The molecule has 0 bridgehead atoms. The zero-order valence-corrected chi connectivity index (χ0v) is 13.2. The number of benzene rings is 1. The Hall–Kier alpha value is -2.47. The minimum Gasteiger partial charge on any atom is -0.346 e. The average Bonchev–Trinajstić information content (AvgIpc) is 3.18. The Morgan fingerprint density at radius 2 is 2.14 bits per heavy atom. The van der Waals surface area contributed by atoms with Gasteiger partial charge in [0.05, 0.1) is 18.4 Å². The topological polar surface area (TPSA) is 59.8 Å². The van der Waals surface area contributed by atoms with Crippen molar-refractivity contribution in [2.45, 2.75) is 20.4 Å². The van der Waals surface area contributed by atoms with Crippen molar-refractivity contribution in [1.82, 2.24) is 20.3 Å². The second kappa shape index (κ2) is 6.11. The number of thiophene rings is 1. The van der Waals surface area contributed by atoms with Crippen molar-refractivity contribution < 1.29 is 4.79 Å². The number of nitrogens with zero attached hydrogens (tertiary/aromatic N) is 3. The van der Waals surface area contributed by atoms with Gasteiger partial charge < -0.3 is 5.32 Å². The van der Waals surface area contributed by atoms with Crippen LogP contribution in [0, 0.1) is 13.8 Å². The molecule has 0 unspecified atom stereocenters. The molecule has 0 aliphatic rings. The van der Waals surface area contributed by atoms with Crippen molar-refractivity contribution in [2.24, 2.45) is 0 Å². The first-order valence-electron chi connectivity index (χ1n) is 6.93. The third-order valence-corrected chi connectivity index (χ3v) is 4.18. The number of hydrogen-bond acceptors (Lipinski definition) is 4. The Kier molecular flexibility index (Phi) is 4.02. The van der Waals surface area contributed by atoms with Crippen molar-refractivity contribution in [3.8, 4) is 5.69 Å². The second-order valence-corrected chi connectivity index (χ2v) is 5.90. The lowest BCUT2D eigenvalue weighted by Crippen LogP contribution is -2.23. The Bertz CT molecular complexity index is 792. The standard InChI is InChI=1S/C16H16N4OS/c1-11-3-4-13(7-12(11)2)16(21)17-8-14-9-20(19-18-14)15-5-6-22-10-15/h3-7,9-10H,8H2,1-2H3,(H,17,21). The molecule has 5 nitrogen and oxygen atoms in total. The number of carbonyl (C=O) groups is 1. The smallest absolute Gasteiger partial charge is 0.251 e. The summed E-state index contributed by atoms with van der Waals surface area (Å²) in [6.45, 7) is 4.38. The molecule has 0 radical (unpaired) electrons. The fraction of sp³-hybridized carbons (Fsp3) is 0.188. The van der Waals surface area contributed by atoms with Crippen LogP contribution in [-0.4, -0.2) is 20.9 Å². The predicted molar refractivity (Wildman–Crippen MR) is 86.3 cm³/mol. The Balaban J connectivity index is 1.65. The minimum atomic E-state index is -0.104. The van der Waals surface area contributed by atoms with E-state index in [0.29, 0.717) is 12.1 Å². The van der Waals surface area contributed by atoms with Gasteiger partial charge in [0.15, 0.2) is 0 Å². The van der Waals surface area contributed by atoms with Crippen molar-refractivity contribution in [2.75, 3.05) is 0 Å². The van der Waals surface area contributed by atoms with E-state index in [1.165, 1.54) is 5.56 Å². The Morgan fingerprint density at radius 1 is 1.27 bits per heavy atom. The van der Waals surface area contributed by atoms with Gasteiger partial charge in [0.2, 0.25) is 0 Å². The summed E-state index contributed by atoms with van der Waals surface area (Å²) >= 11 is 1.60. The molecule has 2 heterocycles. The van der Waals surface area contributed by atoms with E-state index < -0.39 is 0 Å². The fourth-order valence-electron chi connectivity index (χ4n) is 2.05. The van der Waals surface area contributed by atoms with Gasteiger partial charge in [0, 0.05) is 10.9 Å². The van der Waals surface area contributed by atoms with E-state index in [1.807, 2.05) is 55.1 Å². The van der Waals surface area contributed by atoms with E-state index in [1.54, 1.807) is 16.0 Å². The van der Waals surface area contributed by atoms with Crippen LogP contribution < -0.4 is 5.32 Å². The average molecular weight is 312 g/mol. The highest BCUT2D eigenvalue weighted by atomic mass is 32.1. The molecule has 22 heavy (non-hydrogen) atoms. The SMILES string of the molecule is Cc1ccc(C(=O)NCc2cn(-c3ccsc3)nn2)cc1C. The number of nitrogens with one attached hydrogen (secondary N) is 1. The number of carbonyl (C=O) groups excluding carboxylic acids is 1. The van der Waals surface area contributed by atoms with Crippen LogP contribution in [0.2, 0.25) is 0 Å². The zero-order valence-electron chi connectivity index (χ0n) is 12.4. The van der Waals surface area contributed by atoms with Crippen LogP contribution in [0.25, 0.3) is 5.69 Å². The molecule has 112 valence electrons. The van der Waals surface area contributed by atoms with Gasteiger partial charge in [-0.15, -0.1) is 5.10 Å². The van der Waals surface area contributed by atoms with Crippen LogP contribution in [0.15, 0.2) is 41.2 Å². The van der Waals surface area contributed by atoms with Crippen LogP contribution in [-0.2, 0) is 6.54 Å². The van der Waals surface area contributed by atoms with Crippen molar-refractivity contribution >= 4 is 17.2 Å². The van der Waals surface area contributed by atoms with Crippen LogP contribution >= 0.6 is 11.3 Å². The van der Waals surface area contributed by atoms with Gasteiger partial charge in [0.1, 0.15) is 5.69 Å². The molecule has 0 atom stereocenters. The third kappa shape index (κ3) is 3.07. The lowest BCUT2D eigenvalue weighted by molar-refractivity contribution is 0.0950. The maximum absolute atomic E-state index is 12.2. The van der Waals surface area contributed by atoms with E-state index in [4.69, 9.17) is 0 Å². The van der Waals surface area contributed by atoms with E-state index in [-0.39, 0.29) is 5.91 Å². The first kappa shape index (κ1) is 14.5. The van der Waals surface area contributed by atoms with Crippen LogP contribution in [0.4, 0.5) is 0 Å². The molecule has 0 fully saturated rings. The number of hydrogen-bond donors (Lipinski definition) is 1. The highest BCUT2D eigenvalue weighted by Crippen LogP contribution is 2.12. The van der Waals surface area contributed by atoms with E-state index >= 15 is 0 Å². The summed E-state index contributed by atoms with van der Waals surface area (Å²) < 4.78 is 1.70. The quantitative estimate of drug-likeness (QED) is 0.806. The number of aromatic nitrogens is 3. The lowest BCUT2D eigenvalue weighted by Gasteiger charge is -2.05. The maximum atomic E-state index is 12.2. The molecule has 3 aromatic rings. The highest BCUT2D eigenvalue weighted by Gasteiger charge is 2.08. The summed E-state index contributed by atoms with van der Waals surface area (Å²) in [5.41, 5.74) is 4.65. The molecule has 0 aliphatic carbocycles. The van der Waals surface area contributed by atoms with Crippen molar-refractivity contribution in [3.63, 3.8) is 0 Å². The molecular weight excluding hydrogens is 296 g/mol. The monoisotopic (exact) mass is 312 g/mol. The Morgan fingerprint density at radius 3 is 2.86 bits per heavy atom. The summed E-state index contributed by atoms with van der Waals surface area (Å²) in [5.74, 6) is -0.104. The molecule has 3 rings (SSSR count). The third-order valence-electron chi connectivity index (χ3n) is 3.51. The van der Waals surface area contributed by atoms with E-state index in [0.717, 1.165) is 16.9 Å². The van der Waals surface area contributed by atoms with Gasteiger partial charge >= 0.3 is 0 Å². The first-order chi connectivity index (χ1) is 10.6. The summed E-state index contributed by atoms with van der Waals surface area (Å²) in [4.78, 5) is 12.2. The molecule has 1 N–H and O–H groups in total. The van der Waals surface area contributed by atoms with Crippen molar-refractivity contribution in [3.05, 3.63) is 63.6 Å². The molecule has 0 saturated carbocycles. The minimum absolute atomic E-state index is 0.104. The molecule has 0 spiro atoms. The zero-order chi connectivity index (χ0) is 15.5. The number of rotatable bonds is 4. The van der Waals surface area contributed by atoms with Gasteiger partial charge in [-0.05, 0) is 48.6 Å². The normalized spacial score (nSPS) is 10.6. The summed E-state index contributed by atoms with van der Waals surface area (Å²) in [7, 11) is 0. The second-order valence-electron chi connectivity index (χ2n) is 5.12. The number of amides is 1. The van der Waals surface area contributed by atoms with Gasteiger partial charge in [-0.1, -0.05) is 11.3 Å².